The molecule has 1 rings (SSSR count). The van der Waals surface area contributed by atoms with E-state index in [-0.39, 0.29) is 10.9 Å². The molecule has 0 fully saturated rings. The lowest BCUT2D eigenvalue weighted by molar-refractivity contribution is 0.0926. The van der Waals surface area contributed by atoms with Crippen molar-refractivity contribution in [3.05, 3.63) is 29.3 Å². The molecule has 1 aromatic rings. The smallest absolute Gasteiger partial charge is 0.252 e. The molecule has 104 valence electrons. The number of aryl methyl sites for hydroxylation is 1. The fourth-order valence-electron chi connectivity index (χ4n) is 1.61. The molecule has 0 spiro atoms. The Morgan fingerprint density at radius 1 is 1.53 bits per heavy atom. The summed E-state index contributed by atoms with van der Waals surface area (Å²) in [4.78, 5) is 12.5. The molecular weight excluding hydrogens is 260 g/mol. The monoisotopic (exact) mass is 280 g/mol. The summed E-state index contributed by atoms with van der Waals surface area (Å²) in [6, 6.07) is 5.31. The Morgan fingerprint density at radius 2 is 2.16 bits per heavy atom. The van der Waals surface area contributed by atoms with Gasteiger partial charge in [-0.15, -0.1) is 0 Å². The van der Waals surface area contributed by atoms with Gasteiger partial charge >= 0.3 is 0 Å². The SMILES string of the molecule is CCC(C)(NC(=O)c1ccc(C)c(OC)c1)C(N)=S. The number of hydrogen-bond acceptors (Lipinski definition) is 3. The van der Waals surface area contributed by atoms with E-state index in [9.17, 15) is 4.79 Å². The van der Waals surface area contributed by atoms with Crippen molar-refractivity contribution in [2.75, 3.05) is 7.11 Å². The normalized spacial score (nSPS) is 13.5. The third kappa shape index (κ3) is 3.44. The van der Waals surface area contributed by atoms with Crippen LogP contribution in [0.4, 0.5) is 0 Å². The van der Waals surface area contributed by atoms with Gasteiger partial charge in [-0.05, 0) is 38.0 Å². The molecule has 4 nitrogen and oxygen atoms in total. The Kier molecular flexibility index (Phi) is 4.89. The van der Waals surface area contributed by atoms with Crippen LogP contribution in [0.15, 0.2) is 18.2 Å². The molecule has 0 saturated carbocycles. The van der Waals surface area contributed by atoms with Crippen LogP contribution >= 0.6 is 12.2 Å². The minimum atomic E-state index is -0.676. The molecule has 3 N–H and O–H groups in total. The Bertz CT molecular complexity index is 502. The maximum Gasteiger partial charge on any atom is 0.252 e. The second kappa shape index (κ2) is 6.02. The van der Waals surface area contributed by atoms with Crippen LogP contribution in [0.2, 0.25) is 0 Å². The van der Waals surface area contributed by atoms with Gasteiger partial charge in [-0.25, -0.2) is 0 Å². The highest BCUT2D eigenvalue weighted by atomic mass is 32.1. The highest BCUT2D eigenvalue weighted by Crippen LogP contribution is 2.20. The number of nitrogens with two attached hydrogens (primary N) is 1. The van der Waals surface area contributed by atoms with E-state index in [1.165, 1.54) is 0 Å². The summed E-state index contributed by atoms with van der Waals surface area (Å²) in [7, 11) is 1.58. The summed E-state index contributed by atoms with van der Waals surface area (Å²) in [5.74, 6) is 0.469. The van der Waals surface area contributed by atoms with Crippen molar-refractivity contribution in [2.45, 2.75) is 32.7 Å². The Morgan fingerprint density at radius 3 is 2.63 bits per heavy atom. The first kappa shape index (κ1) is 15.4. The second-order valence-electron chi connectivity index (χ2n) is 4.69. The topological polar surface area (TPSA) is 64.3 Å². The van der Waals surface area contributed by atoms with Gasteiger partial charge in [-0.1, -0.05) is 25.2 Å². The van der Waals surface area contributed by atoms with Crippen molar-refractivity contribution in [3.63, 3.8) is 0 Å². The van der Waals surface area contributed by atoms with Gasteiger partial charge in [0.2, 0.25) is 0 Å². The van der Waals surface area contributed by atoms with Crippen LogP contribution in [0.5, 0.6) is 5.75 Å². The summed E-state index contributed by atoms with van der Waals surface area (Å²) in [6.45, 7) is 5.67. The predicted molar refractivity (Wildman–Crippen MR) is 80.7 cm³/mol. The van der Waals surface area contributed by atoms with Crippen LogP contribution in [-0.2, 0) is 0 Å². The maximum atomic E-state index is 12.2. The minimum Gasteiger partial charge on any atom is -0.496 e. The highest BCUT2D eigenvalue weighted by molar-refractivity contribution is 7.80. The van der Waals surface area contributed by atoms with Gasteiger partial charge in [0.05, 0.1) is 17.6 Å². The number of thiocarbonyl (C=S) groups is 1. The number of rotatable bonds is 5. The molecule has 1 unspecified atom stereocenters. The third-order valence-corrected chi connectivity index (χ3v) is 3.76. The van der Waals surface area contributed by atoms with Gasteiger partial charge < -0.3 is 15.8 Å². The quantitative estimate of drug-likeness (QED) is 0.812. The van der Waals surface area contributed by atoms with Crippen molar-refractivity contribution < 1.29 is 9.53 Å². The Hall–Kier alpha value is -1.62. The molecule has 0 radical (unpaired) electrons. The van der Waals surface area contributed by atoms with Gasteiger partial charge in [-0.2, -0.15) is 0 Å². The first-order chi connectivity index (χ1) is 8.84. The van der Waals surface area contributed by atoms with E-state index in [1.54, 1.807) is 19.2 Å². The van der Waals surface area contributed by atoms with Crippen molar-refractivity contribution in [2.24, 2.45) is 5.73 Å². The molecule has 0 aliphatic rings. The molecular formula is C14H20N2O2S. The van der Waals surface area contributed by atoms with E-state index in [1.807, 2.05) is 26.8 Å². The molecule has 0 aromatic heterocycles. The lowest BCUT2D eigenvalue weighted by Crippen LogP contribution is -2.54. The van der Waals surface area contributed by atoms with Crippen LogP contribution in [0.25, 0.3) is 0 Å². The third-order valence-electron chi connectivity index (χ3n) is 3.31. The number of carbonyl (C=O) groups is 1. The molecule has 1 aromatic carbocycles. The van der Waals surface area contributed by atoms with E-state index in [2.05, 4.69) is 5.32 Å². The first-order valence-electron chi connectivity index (χ1n) is 6.11. The fraction of sp³-hybridized carbons (Fsp3) is 0.429. The zero-order valence-corrected chi connectivity index (χ0v) is 12.6. The number of benzene rings is 1. The number of hydrogen-bond donors (Lipinski definition) is 2. The van der Waals surface area contributed by atoms with Crippen molar-refractivity contribution in [3.8, 4) is 5.75 Å². The summed E-state index contributed by atoms with van der Waals surface area (Å²) >= 11 is 5.01. The zero-order valence-electron chi connectivity index (χ0n) is 11.7. The lowest BCUT2D eigenvalue weighted by Gasteiger charge is -2.28. The van der Waals surface area contributed by atoms with Crippen molar-refractivity contribution in [1.82, 2.24) is 5.32 Å². The molecule has 0 saturated heterocycles. The summed E-state index contributed by atoms with van der Waals surface area (Å²) in [6.07, 6.45) is 0.636. The zero-order chi connectivity index (χ0) is 14.6. The molecule has 1 amide bonds. The predicted octanol–water partition coefficient (Wildman–Crippen LogP) is 2.19. The maximum absolute atomic E-state index is 12.2. The van der Waals surface area contributed by atoms with E-state index < -0.39 is 5.54 Å². The minimum absolute atomic E-state index is 0.213. The number of ether oxygens (including phenoxy) is 1. The molecule has 19 heavy (non-hydrogen) atoms. The van der Waals surface area contributed by atoms with Gasteiger partial charge in [-0.3, -0.25) is 4.79 Å². The molecule has 1 atom stereocenters. The van der Waals surface area contributed by atoms with Gasteiger partial charge in [0.25, 0.3) is 5.91 Å². The largest absolute Gasteiger partial charge is 0.496 e. The average Bonchev–Trinajstić information content (AvgIpc) is 2.38. The molecule has 0 aliphatic carbocycles. The van der Waals surface area contributed by atoms with Crippen LogP contribution in [0.1, 0.15) is 36.2 Å². The van der Waals surface area contributed by atoms with Crippen LogP contribution in [0, 0.1) is 6.92 Å². The summed E-state index contributed by atoms with van der Waals surface area (Å²) in [5.41, 5.74) is 6.51. The standard InChI is InChI=1S/C14H20N2O2S/c1-5-14(3,13(15)19)16-12(17)10-7-6-9(2)11(8-10)18-4/h6-8H,5H2,1-4H3,(H2,15,19)(H,16,17). The molecule has 0 aliphatic heterocycles. The Labute approximate surface area is 119 Å². The number of nitrogens with one attached hydrogen (secondary N) is 1. The molecule has 0 bridgehead atoms. The van der Waals surface area contributed by atoms with E-state index in [4.69, 9.17) is 22.7 Å². The average molecular weight is 280 g/mol. The van der Waals surface area contributed by atoms with Crippen LogP contribution < -0.4 is 15.8 Å². The van der Waals surface area contributed by atoms with E-state index >= 15 is 0 Å². The van der Waals surface area contributed by atoms with E-state index in [0.717, 1.165) is 5.56 Å². The number of methoxy groups -OCH3 is 1. The molecule has 5 heteroatoms. The van der Waals surface area contributed by atoms with Gasteiger partial charge in [0.15, 0.2) is 0 Å². The molecule has 0 heterocycles. The van der Waals surface area contributed by atoms with E-state index in [0.29, 0.717) is 17.7 Å². The lowest BCUT2D eigenvalue weighted by atomic mass is 9.98. The number of carbonyl (C=O) groups excluding carboxylic acids is 1. The fourth-order valence-corrected chi connectivity index (χ4v) is 1.80. The number of amides is 1. The van der Waals surface area contributed by atoms with Crippen LogP contribution in [-0.4, -0.2) is 23.5 Å². The van der Waals surface area contributed by atoms with Gasteiger partial charge in [0.1, 0.15) is 5.75 Å². The van der Waals surface area contributed by atoms with Crippen molar-refractivity contribution in [1.29, 1.82) is 0 Å². The highest BCUT2D eigenvalue weighted by Gasteiger charge is 2.28. The first-order valence-corrected chi connectivity index (χ1v) is 6.52. The second-order valence-corrected chi connectivity index (χ2v) is 5.13. The van der Waals surface area contributed by atoms with Crippen LogP contribution in [0.3, 0.4) is 0 Å². The summed E-state index contributed by atoms with van der Waals surface area (Å²) < 4.78 is 5.21. The van der Waals surface area contributed by atoms with Crippen molar-refractivity contribution >= 4 is 23.1 Å². The summed E-state index contributed by atoms with van der Waals surface area (Å²) in [5, 5.41) is 2.87. The Balaban J connectivity index is 2.98. The van der Waals surface area contributed by atoms with Gasteiger partial charge in [0, 0.05) is 5.56 Å².